The quantitative estimate of drug-likeness (QED) is 0.172. The Balaban J connectivity index is 1.30. The summed E-state index contributed by atoms with van der Waals surface area (Å²) in [4.78, 5) is 0. The highest BCUT2D eigenvalue weighted by Crippen LogP contribution is 2.45. The normalized spacial score (nSPS) is 11.9. The summed E-state index contributed by atoms with van der Waals surface area (Å²) in [6, 6.07) is 56.6. The van der Waals surface area contributed by atoms with Crippen LogP contribution in [0.3, 0.4) is 0 Å². The fourth-order valence-corrected chi connectivity index (χ4v) is 8.81. The predicted molar refractivity (Wildman–Crippen MR) is 231 cm³/mol. The third-order valence-electron chi connectivity index (χ3n) is 11.5. The van der Waals surface area contributed by atoms with Gasteiger partial charge in [0.1, 0.15) is 6.07 Å². The number of alkyl halides is 3. The van der Waals surface area contributed by atoms with E-state index < -0.39 is 11.7 Å². The molecule has 0 aliphatic heterocycles. The highest BCUT2D eigenvalue weighted by molar-refractivity contribution is 6.12. The molecule has 0 atom stereocenters. The van der Waals surface area contributed by atoms with Gasteiger partial charge in [-0.2, -0.15) is 18.4 Å². The van der Waals surface area contributed by atoms with Crippen LogP contribution in [0.2, 0.25) is 0 Å². The molecule has 0 aliphatic rings. The van der Waals surface area contributed by atoms with Gasteiger partial charge in [-0.25, -0.2) is 0 Å². The lowest BCUT2D eigenvalue weighted by Gasteiger charge is -2.21. The maximum absolute atomic E-state index is 15.0. The van der Waals surface area contributed by atoms with Crippen LogP contribution in [-0.4, -0.2) is 9.13 Å². The van der Waals surface area contributed by atoms with Gasteiger partial charge in [-0.3, -0.25) is 0 Å². The van der Waals surface area contributed by atoms with Crippen LogP contribution < -0.4 is 0 Å². The van der Waals surface area contributed by atoms with E-state index in [9.17, 15) is 5.26 Å². The van der Waals surface area contributed by atoms with E-state index in [0.717, 1.165) is 83.1 Å². The second-order valence-corrected chi connectivity index (χ2v) is 14.8. The molecule has 6 heteroatoms. The third kappa shape index (κ3) is 5.50. The van der Waals surface area contributed by atoms with Crippen LogP contribution >= 0.6 is 0 Å². The van der Waals surface area contributed by atoms with Crippen molar-refractivity contribution in [2.24, 2.45) is 0 Å². The SMILES string of the molecule is Cc1ccccc1-c1ccc2c(c1)c1ccccc1n2-c1cc(-c2ccccc2C(F)(F)F)c(-n2c3ccccc3c3cc(-c4ccccc4C)ccc32)cc1C#N. The van der Waals surface area contributed by atoms with Crippen molar-refractivity contribution in [1.29, 1.82) is 5.26 Å². The minimum absolute atomic E-state index is 0.0285. The first-order valence-electron chi connectivity index (χ1n) is 19.1. The fourth-order valence-electron chi connectivity index (χ4n) is 8.81. The Hall–Kier alpha value is -7.36. The molecule has 2 heterocycles. The van der Waals surface area contributed by atoms with Crippen molar-refractivity contribution in [1.82, 2.24) is 9.13 Å². The molecule has 8 aromatic carbocycles. The van der Waals surface area contributed by atoms with Gasteiger partial charge < -0.3 is 9.13 Å². The van der Waals surface area contributed by atoms with Gasteiger partial charge in [0, 0.05) is 27.1 Å². The standard InChI is InChI=1S/C52H34F3N3/c1-32-13-3-5-15-37(32)34-23-25-48-42(27-34)40-18-8-11-21-46(40)57(48)50-30-44(39-17-7-10-20-45(39)52(53,54)55)51(29-36(50)31-56)58-47-22-12-9-19-41(47)43-28-35(24-26-49(43)58)38-16-6-4-14-33(38)2/h3-30H,1-2H3. The van der Waals surface area contributed by atoms with Crippen LogP contribution in [0.4, 0.5) is 13.2 Å². The fraction of sp³-hybridized carbons (Fsp3) is 0.0577. The summed E-state index contributed by atoms with van der Waals surface area (Å²) < 4.78 is 49.1. The maximum Gasteiger partial charge on any atom is 0.417 e. The van der Waals surface area contributed by atoms with Crippen molar-refractivity contribution in [3.05, 3.63) is 192 Å². The number of aryl methyl sites for hydroxylation is 2. The lowest BCUT2D eigenvalue weighted by atomic mass is 9.95. The van der Waals surface area contributed by atoms with Crippen LogP contribution in [-0.2, 0) is 6.18 Å². The van der Waals surface area contributed by atoms with E-state index in [4.69, 9.17) is 0 Å². The average molecular weight is 758 g/mol. The van der Waals surface area contributed by atoms with Crippen molar-refractivity contribution >= 4 is 43.6 Å². The molecule has 0 spiro atoms. The first-order chi connectivity index (χ1) is 28.2. The smallest absolute Gasteiger partial charge is 0.309 e. The number of hydrogen-bond acceptors (Lipinski definition) is 1. The van der Waals surface area contributed by atoms with E-state index in [-0.39, 0.29) is 5.56 Å². The first kappa shape index (κ1) is 35.1. The maximum atomic E-state index is 15.0. The Morgan fingerprint density at radius 3 is 1.40 bits per heavy atom. The van der Waals surface area contributed by atoms with Crippen LogP contribution in [0.1, 0.15) is 22.3 Å². The zero-order valence-electron chi connectivity index (χ0n) is 31.6. The van der Waals surface area contributed by atoms with Gasteiger partial charge in [0.25, 0.3) is 0 Å². The second-order valence-electron chi connectivity index (χ2n) is 14.8. The van der Waals surface area contributed by atoms with Gasteiger partial charge in [-0.15, -0.1) is 0 Å². The summed E-state index contributed by atoms with van der Waals surface area (Å²) in [5.74, 6) is 0. The van der Waals surface area contributed by atoms with Crippen molar-refractivity contribution in [3.63, 3.8) is 0 Å². The highest BCUT2D eigenvalue weighted by Gasteiger charge is 2.35. The van der Waals surface area contributed by atoms with Gasteiger partial charge in [-0.05, 0) is 107 Å². The van der Waals surface area contributed by atoms with Crippen molar-refractivity contribution in [2.75, 3.05) is 0 Å². The largest absolute Gasteiger partial charge is 0.417 e. The summed E-state index contributed by atoms with van der Waals surface area (Å²) in [7, 11) is 0. The minimum Gasteiger partial charge on any atom is -0.309 e. The van der Waals surface area contributed by atoms with Crippen LogP contribution in [0.5, 0.6) is 0 Å². The molecule has 0 aliphatic carbocycles. The molecule has 10 rings (SSSR count). The number of fused-ring (bicyclic) bond motifs is 6. The molecule has 58 heavy (non-hydrogen) atoms. The highest BCUT2D eigenvalue weighted by atomic mass is 19.4. The van der Waals surface area contributed by atoms with Crippen molar-refractivity contribution in [3.8, 4) is 50.8 Å². The Labute approximate surface area is 333 Å². The lowest BCUT2D eigenvalue weighted by Crippen LogP contribution is -2.09. The molecule has 3 nitrogen and oxygen atoms in total. The zero-order chi connectivity index (χ0) is 39.7. The second kappa shape index (κ2) is 13.4. The van der Waals surface area contributed by atoms with Crippen LogP contribution in [0.25, 0.3) is 88.4 Å². The van der Waals surface area contributed by atoms with Gasteiger partial charge in [-0.1, -0.05) is 115 Å². The number of nitriles is 1. The number of rotatable bonds is 5. The number of para-hydroxylation sites is 2. The Morgan fingerprint density at radius 1 is 0.431 bits per heavy atom. The Bertz CT molecular complexity index is 3320. The van der Waals surface area contributed by atoms with E-state index >= 15 is 13.2 Å². The summed E-state index contributed by atoms with van der Waals surface area (Å²) in [6.07, 6.45) is -4.63. The monoisotopic (exact) mass is 757 g/mol. The van der Waals surface area contributed by atoms with Crippen molar-refractivity contribution < 1.29 is 13.2 Å². The molecule has 0 saturated heterocycles. The van der Waals surface area contributed by atoms with Gasteiger partial charge in [0.2, 0.25) is 0 Å². The van der Waals surface area contributed by atoms with E-state index in [1.807, 2.05) is 81.9 Å². The van der Waals surface area contributed by atoms with Gasteiger partial charge >= 0.3 is 6.18 Å². The minimum atomic E-state index is -4.63. The number of hydrogen-bond donors (Lipinski definition) is 0. The van der Waals surface area contributed by atoms with Crippen molar-refractivity contribution in [2.45, 2.75) is 20.0 Å². The molecule has 10 aromatic rings. The number of halogens is 3. The van der Waals surface area contributed by atoms with E-state index in [2.05, 4.69) is 80.6 Å². The van der Waals surface area contributed by atoms with Gasteiger partial charge in [0.15, 0.2) is 0 Å². The molecule has 2 aromatic heterocycles. The molecule has 278 valence electrons. The first-order valence-corrected chi connectivity index (χ1v) is 19.1. The molecule has 0 radical (unpaired) electrons. The molecule has 0 unspecified atom stereocenters. The zero-order valence-corrected chi connectivity index (χ0v) is 31.6. The number of aromatic nitrogens is 2. The molecular formula is C52H34F3N3. The Kier molecular flexibility index (Phi) is 8.10. The number of nitrogens with zero attached hydrogens (tertiary/aromatic N) is 3. The summed E-state index contributed by atoms with van der Waals surface area (Å²) in [6.45, 7) is 4.17. The summed E-state index contributed by atoms with van der Waals surface area (Å²) >= 11 is 0. The molecule has 0 amide bonds. The topological polar surface area (TPSA) is 33.6 Å². The van der Waals surface area contributed by atoms with Crippen LogP contribution in [0, 0.1) is 25.2 Å². The average Bonchev–Trinajstić information content (AvgIpc) is 3.75. The predicted octanol–water partition coefficient (Wildman–Crippen LogP) is 14.4. The Morgan fingerprint density at radius 2 is 0.879 bits per heavy atom. The van der Waals surface area contributed by atoms with E-state index in [0.29, 0.717) is 22.5 Å². The summed E-state index contributed by atoms with van der Waals surface area (Å²) in [5.41, 5.74) is 10.9. The molecular weight excluding hydrogens is 724 g/mol. The summed E-state index contributed by atoms with van der Waals surface area (Å²) in [5, 5.41) is 14.9. The molecule has 0 bridgehead atoms. The lowest BCUT2D eigenvalue weighted by molar-refractivity contribution is -0.137. The van der Waals surface area contributed by atoms with E-state index in [1.54, 1.807) is 18.2 Å². The van der Waals surface area contributed by atoms with E-state index in [1.165, 1.54) is 12.1 Å². The molecule has 0 fully saturated rings. The van der Waals surface area contributed by atoms with Gasteiger partial charge in [0.05, 0.1) is 44.6 Å². The third-order valence-corrected chi connectivity index (χ3v) is 11.5. The number of benzene rings is 8. The van der Waals surface area contributed by atoms with Crippen LogP contribution in [0.15, 0.2) is 170 Å². The molecule has 0 N–H and O–H groups in total. The molecule has 0 saturated carbocycles.